The van der Waals surface area contributed by atoms with Gasteiger partial charge in [0.1, 0.15) is 0 Å². The van der Waals surface area contributed by atoms with E-state index in [0.717, 1.165) is 17.3 Å². The number of aliphatic hydroxyl groups excluding tert-OH is 1. The maximum atomic E-state index is 14.0. The van der Waals surface area contributed by atoms with Gasteiger partial charge in [-0.25, -0.2) is 9.97 Å². The van der Waals surface area contributed by atoms with Gasteiger partial charge in [0.25, 0.3) is 0 Å². The van der Waals surface area contributed by atoms with Gasteiger partial charge in [-0.05, 0) is 43.0 Å². The van der Waals surface area contributed by atoms with E-state index in [4.69, 9.17) is 10.7 Å². The molecule has 5 aromatic rings. The predicted octanol–water partition coefficient (Wildman–Crippen LogP) is 5.25. The second-order valence-corrected chi connectivity index (χ2v) is 9.45. The normalized spacial score (nSPS) is 20.1. The van der Waals surface area contributed by atoms with Crippen LogP contribution in [-0.4, -0.2) is 30.8 Å². The Morgan fingerprint density at radius 2 is 1.75 bits per heavy atom. The average Bonchev–Trinajstić information content (AvgIpc) is 3.22. The molecule has 1 aliphatic rings. The van der Waals surface area contributed by atoms with Crippen LogP contribution >= 0.6 is 0 Å². The number of nitrogens with two attached hydrogens (primary N) is 1. The number of fused-ring (bicyclic) bond motifs is 3. The van der Waals surface area contributed by atoms with Crippen molar-refractivity contribution in [2.75, 3.05) is 0 Å². The Hall–Kier alpha value is -3.82. The van der Waals surface area contributed by atoms with Gasteiger partial charge in [-0.15, -0.1) is 0 Å². The number of pyridine rings is 1. The maximum absolute atomic E-state index is 14.0. The van der Waals surface area contributed by atoms with Crippen LogP contribution in [0.25, 0.3) is 39.1 Å². The number of aliphatic hydroxyl groups is 1. The molecular weight excluding hydrogens is 467 g/mol. The van der Waals surface area contributed by atoms with Crippen LogP contribution in [-0.2, 0) is 11.7 Å². The molecule has 0 amide bonds. The zero-order chi connectivity index (χ0) is 25.2. The molecule has 2 aromatic carbocycles. The third-order valence-electron chi connectivity index (χ3n) is 6.84. The van der Waals surface area contributed by atoms with Crippen molar-refractivity contribution in [1.82, 2.24) is 19.6 Å². The summed E-state index contributed by atoms with van der Waals surface area (Å²) < 4.78 is 43.5. The minimum atomic E-state index is -4.54. The van der Waals surface area contributed by atoms with Crippen molar-refractivity contribution in [3.05, 3.63) is 83.7 Å². The maximum Gasteiger partial charge on any atom is 0.417 e. The van der Waals surface area contributed by atoms with Gasteiger partial charge in [0.05, 0.1) is 23.1 Å². The van der Waals surface area contributed by atoms with Crippen LogP contribution in [0.15, 0.2) is 66.9 Å². The van der Waals surface area contributed by atoms with E-state index in [9.17, 15) is 18.3 Å². The number of hydrogen-bond donors (Lipinski definition) is 2. The Morgan fingerprint density at radius 1 is 1.03 bits per heavy atom. The van der Waals surface area contributed by atoms with Crippen LogP contribution in [0, 0.1) is 6.92 Å². The summed E-state index contributed by atoms with van der Waals surface area (Å²) in [6.07, 6.45) is -2.42. The number of nitrogens with zero attached hydrogens (tertiary/aromatic N) is 4. The summed E-state index contributed by atoms with van der Waals surface area (Å²) in [4.78, 5) is 9.25. The molecule has 1 fully saturated rings. The third-order valence-corrected chi connectivity index (χ3v) is 6.84. The Bertz CT molecular complexity index is 1620. The van der Waals surface area contributed by atoms with Crippen LogP contribution in [0.1, 0.15) is 29.7 Å². The third kappa shape index (κ3) is 3.63. The average molecular weight is 490 g/mol. The summed E-state index contributed by atoms with van der Waals surface area (Å²) in [5.74, 6) is 0. The SMILES string of the molecule is Cc1cc2ncc3cc(-c4ccccc4C(F)(F)F)c(-c4ccc(C5(N)CC(O)C5)cc4)nc3n2n1. The fourth-order valence-electron chi connectivity index (χ4n) is 5.02. The minimum absolute atomic E-state index is 0.0348. The van der Waals surface area contributed by atoms with Crippen LogP contribution in [0.3, 0.4) is 0 Å². The first kappa shape index (κ1) is 22.6. The van der Waals surface area contributed by atoms with Gasteiger partial charge in [-0.1, -0.05) is 42.5 Å². The van der Waals surface area contributed by atoms with Gasteiger partial charge in [0.15, 0.2) is 11.3 Å². The Labute approximate surface area is 204 Å². The molecule has 6 nitrogen and oxygen atoms in total. The number of hydrogen-bond acceptors (Lipinski definition) is 5. The number of aromatic nitrogens is 4. The highest BCUT2D eigenvalue weighted by molar-refractivity contribution is 5.91. The fraction of sp³-hybridized carbons (Fsp3) is 0.222. The van der Waals surface area contributed by atoms with Crippen molar-refractivity contribution >= 4 is 16.7 Å². The van der Waals surface area contributed by atoms with E-state index in [1.807, 2.05) is 37.3 Å². The van der Waals surface area contributed by atoms with Gasteiger partial charge in [0, 0.05) is 34.3 Å². The first-order valence-corrected chi connectivity index (χ1v) is 11.5. The van der Waals surface area contributed by atoms with Crippen LogP contribution in [0.5, 0.6) is 0 Å². The van der Waals surface area contributed by atoms with Gasteiger partial charge in [-0.3, -0.25) is 0 Å². The van der Waals surface area contributed by atoms with Crippen molar-refractivity contribution in [3.8, 4) is 22.4 Å². The molecule has 0 unspecified atom stereocenters. The zero-order valence-electron chi connectivity index (χ0n) is 19.3. The van der Waals surface area contributed by atoms with E-state index in [-0.39, 0.29) is 5.56 Å². The quantitative estimate of drug-likeness (QED) is 0.362. The van der Waals surface area contributed by atoms with Gasteiger partial charge in [-0.2, -0.15) is 22.8 Å². The van der Waals surface area contributed by atoms with Gasteiger partial charge < -0.3 is 10.8 Å². The second-order valence-electron chi connectivity index (χ2n) is 9.45. The van der Waals surface area contributed by atoms with Crippen molar-refractivity contribution < 1.29 is 18.3 Å². The highest BCUT2D eigenvalue weighted by Crippen LogP contribution is 2.43. The molecule has 182 valence electrons. The standard InChI is InChI=1S/C27H22F3N5O/c1-15-10-23-32-14-17-11-21(20-4-2-3-5-22(20)27(28,29)30)24(33-25(17)35(23)34-15)16-6-8-18(9-7-16)26(31)12-19(36)13-26/h2-11,14,19,36H,12-13,31H2,1H3. The smallest absolute Gasteiger partial charge is 0.393 e. The molecule has 0 aliphatic heterocycles. The first-order chi connectivity index (χ1) is 17.1. The summed E-state index contributed by atoms with van der Waals surface area (Å²) >= 11 is 0. The van der Waals surface area contributed by atoms with Gasteiger partial charge >= 0.3 is 6.18 Å². The molecule has 6 rings (SSSR count). The summed E-state index contributed by atoms with van der Waals surface area (Å²) in [6, 6.07) is 16.3. The minimum Gasteiger partial charge on any atom is -0.393 e. The monoisotopic (exact) mass is 489 g/mol. The molecule has 0 atom stereocenters. The summed E-state index contributed by atoms with van der Waals surface area (Å²) in [6.45, 7) is 1.84. The Balaban J connectivity index is 1.60. The second kappa shape index (κ2) is 7.84. The lowest BCUT2D eigenvalue weighted by Crippen LogP contribution is -2.51. The summed E-state index contributed by atoms with van der Waals surface area (Å²) in [5.41, 5.74) is 9.20. The van der Waals surface area contributed by atoms with E-state index in [0.29, 0.717) is 46.3 Å². The van der Waals surface area contributed by atoms with E-state index in [1.54, 1.807) is 22.8 Å². The lowest BCUT2D eigenvalue weighted by atomic mass is 9.70. The lowest BCUT2D eigenvalue weighted by Gasteiger charge is -2.42. The molecule has 0 spiro atoms. The topological polar surface area (TPSA) is 89.3 Å². The molecule has 1 aliphatic carbocycles. The molecule has 3 aromatic heterocycles. The summed E-state index contributed by atoms with van der Waals surface area (Å²) in [5, 5.41) is 14.8. The molecule has 0 radical (unpaired) electrons. The molecule has 9 heteroatoms. The number of rotatable bonds is 3. The Morgan fingerprint density at radius 3 is 2.44 bits per heavy atom. The fourth-order valence-corrected chi connectivity index (χ4v) is 5.02. The molecule has 1 saturated carbocycles. The van der Waals surface area contributed by atoms with Crippen molar-refractivity contribution in [1.29, 1.82) is 0 Å². The molecule has 0 bridgehead atoms. The van der Waals surface area contributed by atoms with Crippen molar-refractivity contribution in [2.24, 2.45) is 5.73 Å². The van der Waals surface area contributed by atoms with E-state index in [2.05, 4.69) is 10.1 Å². The van der Waals surface area contributed by atoms with E-state index < -0.39 is 23.4 Å². The summed E-state index contributed by atoms with van der Waals surface area (Å²) in [7, 11) is 0. The molecule has 36 heavy (non-hydrogen) atoms. The number of halogens is 3. The zero-order valence-corrected chi connectivity index (χ0v) is 19.3. The Kier molecular flexibility index (Phi) is 4.93. The molecule has 3 heterocycles. The molecule has 3 N–H and O–H groups in total. The lowest BCUT2D eigenvalue weighted by molar-refractivity contribution is -0.137. The van der Waals surface area contributed by atoms with Crippen molar-refractivity contribution in [2.45, 2.75) is 37.6 Å². The van der Waals surface area contributed by atoms with Crippen LogP contribution < -0.4 is 5.73 Å². The van der Waals surface area contributed by atoms with E-state index in [1.165, 1.54) is 12.1 Å². The van der Waals surface area contributed by atoms with Gasteiger partial charge in [0.2, 0.25) is 0 Å². The first-order valence-electron chi connectivity index (χ1n) is 11.5. The number of alkyl halides is 3. The van der Waals surface area contributed by atoms with Crippen molar-refractivity contribution in [3.63, 3.8) is 0 Å². The molecule has 0 saturated heterocycles. The largest absolute Gasteiger partial charge is 0.417 e. The van der Waals surface area contributed by atoms with Crippen LogP contribution in [0.2, 0.25) is 0 Å². The predicted molar refractivity (Wildman–Crippen MR) is 130 cm³/mol. The number of aryl methyl sites for hydroxylation is 1. The highest BCUT2D eigenvalue weighted by Gasteiger charge is 2.41. The highest BCUT2D eigenvalue weighted by atomic mass is 19.4. The number of benzene rings is 2. The molecular formula is C27H22F3N5O. The van der Waals surface area contributed by atoms with E-state index >= 15 is 0 Å². The van der Waals surface area contributed by atoms with Crippen LogP contribution in [0.4, 0.5) is 13.2 Å².